The SMILES string of the molecule is C[C@]12CCC(=O)C[C@@H]1C(CO)C[C@@H]1[C@@H]2CC[C@]2(C)C(=O)CC[C@@H]12. The number of aliphatic hydroxyl groups is 1. The highest BCUT2D eigenvalue weighted by molar-refractivity contribution is 5.87. The maximum Gasteiger partial charge on any atom is 0.139 e. The summed E-state index contributed by atoms with van der Waals surface area (Å²) in [5, 5.41) is 10.00. The van der Waals surface area contributed by atoms with E-state index in [-0.39, 0.29) is 23.4 Å². The van der Waals surface area contributed by atoms with Gasteiger partial charge in [-0.3, -0.25) is 9.59 Å². The van der Waals surface area contributed by atoms with Crippen LogP contribution in [0.4, 0.5) is 0 Å². The largest absolute Gasteiger partial charge is 0.396 e. The van der Waals surface area contributed by atoms with Crippen LogP contribution in [0.15, 0.2) is 0 Å². The lowest BCUT2D eigenvalue weighted by atomic mass is 9.43. The number of Topliss-reactive ketones (excluding diaryl/α,β-unsaturated/α-hetero) is 2. The Hall–Kier alpha value is -0.700. The molecule has 4 saturated carbocycles. The van der Waals surface area contributed by atoms with Crippen LogP contribution in [0.5, 0.6) is 0 Å². The molecule has 0 aromatic heterocycles. The molecule has 23 heavy (non-hydrogen) atoms. The number of carbonyl (C=O) groups is 2. The monoisotopic (exact) mass is 318 g/mol. The van der Waals surface area contributed by atoms with Crippen molar-refractivity contribution in [3.63, 3.8) is 0 Å². The first-order valence-electron chi connectivity index (χ1n) is 9.56. The summed E-state index contributed by atoms with van der Waals surface area (Å²) >= 11 is 0. The van der Waals surface area contributed by atoms with E-state index < -0.39 is 0 Å². The summed E-state index contributed by atoms with van der Waals surface area (Å²) in [5.41, 5.74) is 0.0893. The molecular weight excluding hydrogens is 288 g/mol. The number of rotatable bonds is 1. The second-order valence-electron chi connectivity index (χ2n) is 9.33. The minimum Gasteiger partial charge on any atom is -0.396 e. The minimum absolute atomic E-state index is 0.102. The highest BCUT2D eigenvalue weighted by atomic mass is 16.3. The molecule has 0 aliphatic heterocycles. The lowest BCUT2D eigenvalue weighted by Crippen LogP contribution is -2.56. The fourth-order valence-electron chi connectivity index (χ4n) is 7.26. The number of hydrogen-bond acceptors (Lipinski definition) is 3. The molecule has 4 rings (SSSR count). The second kappa shape index (κ2) is 5.15. The molecule has 1 unspecified atom stereocenters. The summed E-state index contributed by atoms with van der Waals surface area (Å²) in [4.78, 5) is 24.5. The fraction of sp³-hybridized carbons (Fsp3) is 0.900. The van der Waals surface area contributed by atoms with E-state index in [1.54, 1.807) is 0 Å². The van der Waals surface area contributed by atoms with Gasteiger partial charge in [0.1, 0.15) is 11.6 Å². The number of fused-ring (bicyclic) bond motifs is 5. The van der Waals surface area contributed by atoms with Gasteiger partial charge in [0.25, 0.3) is 0 Å². The third-order valence-electron chi connectivity index (χ3n) is 8.61. The smallest absolute Gasteiger partial charge is 0.139 e. The van der Waals surface area contributed by atoms with E-state index in [4.69, 9.17) is 0 Å². The van der Waals surface area contributed by atoms with E-state index in [0.717, 1.165) is 44.9 Å². The Balaban J connectivity index is 1.70. The minimum atomic E-state index is -0.102. The van der Waals surface area contributed by atoms with Crippen LogP contribution in [0.25, 0.3) is 0 Å². The van der Waals surface area contributed by atoms with Crippen molar-refractivity contribution >= 4 is 11.6 Å². The molecule has 0 amide bonds. The molecule has 4 aliphatic carbocycles. The third kappa shape index (κ3) is 2.04. The summed E-state index contributed by atoms with van der Waals surface area (Å²) in [6.07, 6.45) is 7.40. The molecule has 0 aromatic carbocycles. The Morgan fingerprint density at radius 3 is 2.57 bits per heavy atom. The van der Waals surface area contributed by atoms with Crippen molar-refractivity contribution in [3.8, 4) is 0 Å². The Morgan fingerprint density at radius 2 is 1.83 bits per heavy atom. The molecule has 1 N–H and O–H groups in total. The van der Waals surface area contributed by atoms with Crippen LogP contribution in [0, 0.1) is 40.4 Å². The summed E-state index contributed by atoms with van der Waals surface area (Å²) in [6.45, 7) is 4.80. The van der Waals surface area contributed by atoms with E-state index >= 15 is 0 Å². The first-order chi connectivity index (χ1) is 10.9. The van der Waals surface area contributed by atoms with E-state index in [9.17, 15) is 14.7 Å². The van der Waals surface area contributed by atoms with Gasteiger partial charge in [0.15, 0.2) is 0 Å². The van der Waals surface area contributed by atoms with Crippen LogP contribution in [0.3, 0.4) is 0 Å². The zero-order chi connectivity index (χ0) is 16.4. The average molecular weight is 318 g/mol. The fourth-order valence-corrected chi connectivity index (χ4v) is 7.26. The van der Waals surface area contributed by atoms with Crippen molar-refractivity contribution in [2.45, 2.75) is 65.2 Å². The number of hydrogen-bond donors (Lipinski definition) is 1. The van der Waals surface area contributed by atoms with Crippen molar-refractivity contribution in [3.05, 3.63) is 0 Å². The third-order valence-corrected chi connectivity index (χ3v) is 8.61. The predicted octanol–water partition coefficient (Wildman–Crippen LogP) is 3.39. The number of aliphatic hydroxyl groups excluding tert-OH is 1. The maximum absolute atomic E-state index is 12.5. The van der Waals surface area contributed by atoms with Crippen molar-refractivity contribution < 1.29 is 14.7 Å². The zero-order valence-electron chi connectivity index (χ0n) is 14.5. The Morgan fingerprint density at radius 1 is 1.04 bits per heavy atom. The van der Waals surface area contributed by atoms with Gasteiger partial charge in [-0.15, -0.1) is 0 Å². The molecule has 3 nitrogen and oxygen atoms in total. The molecule has 0 spiro atoms. The molecule has 4 aliphatic rings. The van der Waals surface area contributed by atoms with Crippen LogP contribution < -0.4 is 0 Å². The molecule has 3 heteroatoms. The van der Waals surface area contributed by atoms with Gasteiger partial charge >= 0.3 is 0 Å². The van der Waals surface area contributed by atoms with Gasteiger partial charge in [0.05, 0.1) is 0 Å². The van der Waals surface area contributed by atoms with Crippen molar-refractivity contribution in [1.82, 2.24) is 0 Å². The first-order valence-corrected chi connectivity index (χ1v) is 9.56. The lowest BCUT2D eigenvalue weighted by molar-refractivity contribution is -0.156. The average Bonchev–Trinajstić information content (AvgIpc) is 2.83. The molecule has 128 valence electrons. The standard InChI is InChI=1S/C20H30O3/c1-19-7-5-13(22)10-17(19)12(11-21)9-14-15-3-4-18(23)20(15,2)8-6-16(14)19/h12,14-17,21H,3-11H2,1-2H3/t12?,14-,15-,16-,17+,19+,20-/m0/s1. The molecule has 7 atom stereocenters. The first kappa shape index (κ1) is 15.8. The summed E-state index contributed by atoms with van der Waals surface area (Å²) in [7, 11) is 0. The number of ketones is 2. The van der Waals surface area contributed by atoms with E-state index in [2.05, 4.69) is 13.8 Å². The second-order valence-corrected chi connectivity index (χ2v) is 9.33. The highest BCUT2D eigenvalue weighted by Gasteiger charge is 2.61. The Labute approximate surface area is 139 Å². The van der Waals surface area contributed by atoms with E-state index in [0.29, 0.717) is 41.7 Å². The molecule has 0 heterocycles. The topological polar surface area (TPSA) is 54.4 Å². The van der Waals surface area contributed by atoms with Crippen LogP contribution in [0.1, 0.15) is 65.2 Å². The summed E-state index contributed by atoms with van der Waals surface area (Å²) < 4.78 is 0. The van der Waals surface area contributed by atoms with Crippen molar-refractivity contribution in [1.29, 1.82) is 0 Å². The van der Waals surface area contributed by atoms with Gasteiger partial charge in [0.2, 0.25) is 0 Å². The van der Waals surface area contributed by atoms with E-state index in [1.807, 2.05) is 0 Å². The molecule has 0 aromatic rings. The maximum atomic E-state index is 12.5. The zero-order valence-corrected chi connectivity index (χ0v) is 14.5. The van der Waals surface area contributed by atoms with Crippen LogP contribution >= 0.6 is 0 Å². The number of carbonyl (C=O) groups excluding carboxylic acids is 2. The van der Waals surface area contributed by atoms with Gasteiger partial charge in [-0.1, -0.05) is 13.8 Å². The summed E-state index contributed by atoms with van der Waals surface area (Å²) in [5.74, 6) is 3.21. The van der Waals surface area contributed by atoms with Gasteiger partial charge in [-0.05, 0) is 67.1 Å². The Bertz CT molecular complexity index is 541. The van der Waals surface area contributed by atoms with Crippen LogP contribution in [-0.4, -0.2) is 23.3 Å². The van der Waals surface area contributed by atoms with E-state index in [1.165, 1.54) is 0 Å². The molecule has 4 fully saturated rings. The van der Waals surface area contributed by atoms with Gasteiger partial charge in [-0.2, -0.15) is 0 Å². The van der Waals surface area contributed by atoms with Crippen molar-refractivity contribution in [2.75, 3.05) is 6.61 Å². The molecule has 0 bridgehead atoms. The molecule has 0 saturated heterocycles. The quantitative estimate of drug-likeness (QED) is 0.806. The Kier molecular flexibility index (Phi) is 3.54. The van der Waals surface area contributed by atoms with Crippen LogP contribution in [0.2, 0.25) is 0 Å². The molecular formula is C20H30O3. The van der Waals surface area contributed by atoms with Gasteiger partial charge < -0.3 is 5.11 Å². The van der Waals surface area contributed by atoms with Gasteiger partial charge in [-0.25, -0.2) is 0 Å². The van der Waals surface area contributed by atoms with Gasteiger partial charge in [0, 0.05) is 31.3 Å². The highest BCUT2D eigenvalue weighted by Crippen LogP contribution is 2.66. The molecule has 0 radical (unpaired) electrons. The lowest BCUT2D eigenvalue weighted by Gasteiger charge is -2.61. The normalized spacial score (nSPS) is 52.7. The summed E-state index contributed by atoms with van der Waals surface area (Å²) in [6, 6.07) is 0. The predicted molar refractivity (Wildman–Crippen MR) is 87.7 cm³/mol. The van der Waals surface area contributed by atoms with Crippen molar-refractivity contribution in [2.24, 2.45) is 40.4 Å². The van der Waals surface area contributed by atoms with Crippen LogP contribution in [-0.2, 0) is 9.59 Å².